The molecule has 1 fully saturated rings. The maximum Gasteiger partial charge on any atom is 0.488 e. The molecule has 1 aliphatic rings. The number of piperidine rings is 1. The zero-order valence-corrected chi connectivity index (χ0v) is 11.2. The largest absolute Gasteiger partial charge is 0.488 e. The van der Waals surface area contributed by atoms with Gasteiger partial charge in [0.25, 0.3) is 0 Å². The summed E-state index contributed by atoms with van der Waals surface area (Å²) in [6, 6.07) is 8.18. The second-order valence-electron chi connectivity index (χ2n) is 5.45. The van der Waals surface area contributed by atoms with Gasteiger partial charge in [0, 0.05) is 12.6 Å². The van der Waals surface area contributed by atoms with E-state index >= 15 is 0 Å². The molecule has 2 rings (SSSR count). The predicted octanol–water partition coefficient (Wildman–Crippen LogP) is 0.987. The maximum atomic E-state index is 9.06. The number of rotatable bonds is 3. The van der Waals surface area contributed by atoms with Crippen molar-refractivity contribution in [3.63, 3.8) is 0 Å². The highest BCUT2D eigenvalue weighted by Crippen LogP contribution is 2.24. The summed E-state index contributed by atoms with van der Waals surface area (Å²) in [6.07, 6.45) is 2.60. The van der Waals surface area contributed by atoms with Crippen molar-refractivity contribution >= 4 is 12.6 Å². The van der Waals surface area contributed by atoms with E-state index in [9.17, 15) is 0 Å². The van der Waals surface area contributed by atoms with Gasteiger partial charge in [0.05, 0.1) is 0 Å². The van der Waals surface area contributed by atoms with E-state index in [0.29, 0.717) is 11.5 Å². The average molecular weight is 247 g/mol. The van der Waals surface area contributed by atoms with Gasteiger partial charge >= 0.3 is 7.12 Å². The van der Waals surface area contributed by atoms with E-state index in [0.717, 1.165) is 19.0 Å². The third kappa shape index (κ3) is 3.13. The first-order valence-electron chi connectivity index (χ1n) is 6.77. The minimum absolute atomic E-state index is 0.554. The standard InChI is InChI=1S/C14H22BNO2/c1-11-4-3-9-16(12(11)2)10-13-5-7-14(8-6-13)15(17)18/h5-8,11-12,17-18H,3-4,9-10H2,1-2H3. The topological polar surface area (TPSA) is 43.7 Å². The highest BCUT2D eigenvalue weighted by Gasteiger charge is 2.24. The molecule has 0 amide bonds. The van der Waals surface area contributed by atoms with Gasteiger partial charge in [-0.15, -0.1) is 0 Å². The van der Waals surface area contributed by atoms with Crippen molar-refractivity contribution in [2.24, 2.45) is 5.92 Å². The molecule has 1 saturated heterocycles. The molecule has 18 heavy (non-hydrogen) atoms. The molecule has 1 heterocycles. The van der Waals surface area contributed by atoms with Crippen LogP contribution in [0.4, 0.5) is 0 Å². The summed E-state index contributed by atoms with van der Waals surface area (Å²) in [5.41, 5.74) is 1.79. The van der Waals surface area contributed by atoms with Crippen LogP contribution in [0.3, 0.4) is 0 Å². The Labute approximate surface area is 110 Å². The first-order valence-corrected chi connectivity index (χ1v) is 6.77. The molecule has 0 radical (unpaired) electrons. The van der Waals surface area contributed by atoms with Crippen LogP contribution in [-0.2, 0) is 6.54 Å². The van der Waals surface area contributed by atoms with Crippen molar-refractivity contribution in [1.82, 2.24) is 4.90 Å². The molecular formula is C14H22BNO2. The Morgan fingerprint density at radius 1 is 1.22 bits per heavy atom. The molecule has 0 spiro atoms. The van der Waals surface area contributed by atoms with E-state index in [1.165, 1.54) is 18.4 Å². The lowest BCUT2D eigenvalue weighted by Gasteiger charge is -2.38. The molecule has 0 aliphatic carbocycles. The highest BCUT2D eigenvalue weighted by atomic mass is 16.4. The number of benzene rings is 1. The van der Waals surface area contributed by atoms with E-state index < -0.39 is 7.12 Å². The van der Waals surface area contributed by atoms with Crippen molar-refractivity contribution in [3.8, 4) is 0 Å². The van der Waals surface area contributed by atoms with Crippen LogP contribution >= 0.6 is 0 Å². The molecule has 3 nitrogen and oxygen atoms in total. The Bertz CT molecular complexity index is 380. The molecule has 1 aromatic carbocycles. The Balaban J connectivity index is 2.00. The maximum absolute atomic E-state index is 9.06. The summed E-state index contributed by atoms with van der Waals surface area (Å²) in [4.78, 5) is 2.51. The molecule has 0 saturated carbocycles. The van der Waals surface area contributed by atoms with Crippen molar-refractivity contribution < 1.29 is 10.0 Å². The van der Waals surface area contributed by atoms with Crippen molar-refractivity contribution in [2.45, 2.75) is 39.3 Å². The van der Waals surface area contributed by atoms with Crippen LogP contribution in [0.25, 0.3) is 0 Å². The van der Waals surface area contributed by atoms with Crippen LogP contribution in [0.15, 0.2) is 24.3 Å². The lowest BCUT2D eigenvalue weighted by molar-refractivity contribution is 0.106. The smallest absolute Gasteiger partial charge is 0.423 e. The lowest BCUT2D eigenvalue weighted by atomic mass is 9.80. The Hall–Kier alpha value is -0.835. The third-order valence-corrected chi connectivity index (χ3v) is 4.17. The van der Waals surface area contributed by atoms with Crippen LogP contribution in [0.5, 0.6) is 0 Å². The third-order valence-electron chi connectivity index (χ3n) is 4.17. The molecule has 2 unspecified atom stereocenters. The van der Waals surface area contributed by atoms with Crippen LogP contribution in [0.2, 0.25) is 0 Å². The van der Waals surface area contributed by atoms with Crippen LogP contribution < -0.4 is 5.46 Å². The predicted molar refractivity (Wildman–Crippen MR) is 74.5 cm³/mol. The molecule has 98 valence electrons. The van der Waals surface area contributed by atoms with Gasteiger partial charge in [0.15, 0.2) is 0 Å². The first kappa shape index (κ1) is 13.6. The van der Waals surface area contributed by atoms with E-state index in [-0.39, 0.29) is 0 Å². The summed E-state index contributed by atoms with van der Waals surface area (Å²) in [5, 5.41) is 18.1. The fourth-order valence-corrected chi connectivity index (χ4v) is 2.67. The van der Waals surface area contributed by atoms with Crippen LogP contribution in [-0.4, -0.2) is 34.7 Å². The highest BCUT2D eigenvalue weighted by molar-refractivity contribution is 6.58. The minimum Gasteiger partial charge on any atom is -0.423 e. The van der Waals surface area contributed by atoms with Crippen LogP contribution in [0.1, 0.15) is 32.3 Å². The van der Waals surface area contributed by atoms with E-state index in [4.69, 9.17) is 10.0 Å². The van der Waals surface area contributed by atoms with Crippen LogP contribution in [0, 0.1) is 5.92 Å². The molecule has 2 N–H and O–H groups in total. The molecule has 0 aromatic heterocycles. The molecule has 1 aromatic rings. The van der Waals surface area contributed by atoms with E-state index in [2.05, 4.69) is 18.7 Å². The lowest BCUT2D eigenvalue weighted by Crippen LogP contribution is -2.41. The summed E-state index contributed by atoms with van der Waals surface area (Å²) < 4.78 is 0. The number of hydrogen-bond acceptors (Lipinski definition) is 3. The summed E-state index contributed by atoms with van der Waals surface area (Å²) in [6.45, 7) is 6.74. The molecule has 4 heteroatoms. The minimum atomic E-state index is -1.37. The zero-order valence-electron chi connectivity index (χ0n) is 11.2. The molecule has 0 bridgehead atoms. The number of nitrogens with zero attached hydrogens (tertiary/aromatic N) is 1. The summed E-state index contributed by atoms with van der Waals surface area (Å²) >= 11 is 0. The zero-order chi connectivity index (χ0) is 13.1. The number of likely N-dealkylation sites (tertiary alicyclic amines) is 1. The van der Waals surface area contributed by atoms with Gasteiger partial charge in [-0.1, -0.05) is 31.2 Å². The van der Waals surface area contributed by atoms with Gasteiger partial charge in [-0.3, -0.25) is 4.90 Å². The second-order valence-corrected chi connectivity index (χ2v) is 5.45. The SMILES string of the molecule is CC1CCCN(Cc2ccc(B(O)O)cc2)C1C. The quantitative estimate of drug-likeness (QED) is 0.783. The first-order chi connectivity index (χ1) is 8.58. The van der Waals surface area contributed by atoms with E-state index in [1.54, 1.807) is 12.1 Å². The van der Waals surface area contributed by atoms with E-state index in [1.807, 2.05) is 12.1 Å². The monoisotopic (exact) mass is 247 g/mol. The normalized spacial score (nSPS) is 25.1. The second kappa shape index (κ2) is 5.87. The average Bonchev–Trinajstić information content (AvgIpc) is 2.36. The van der Waals surface area contributed by atoms with Gasteiger partial charge in [-0.05, 0) is 43.3 Å². The fraction of sp³-hybridized carbons (Fsp3) is 0.571. The number of hydrogen-bond donors (Lipinski definition) is 2. The Kier molecular flexibility index (Phi) is 4.43. The Morgan fingerprint density at radius 2 is 1.89 bits per heavy atom. The summed E-state index contributed by atoms with van der Waals surface area (Å²) in [7, 11) is -1.37. The fourth-order valence-electron chi connectivity index (χ4n) is 2.67. The van der Waals surface area contributed by atoms with Gasteiger partial charge in [0.1, 0.15) is 0 Å². The van der Waals surface area contributed by atoms with Crippen molar-refractivity contribution in [1.29, 1.82) is 0 Å². The van der Waals surface area contributed by atoms with Gasteiger partial charge in [-0.2, -0.15) is 0 Å². The van der Waals surface area contributed by atoms with Gasteiger partial charge in [0.2, 0.25) is 0 Å². The summed E-state index contributed by atoms with van der Waals surface area (Å²) in [5.74, 6) is 0.761. The molecular weight excluding hydrogens is 225 g/mol. The molecule has 2 atom stereocenters. The molecule has 1 aliphatic heterocycles. The van der Waals surface area contributed by atoms with Crippen molar-refractivity contribution in [3.05, 3.63) is 29.8 Å². The Morgan fingerprint density at radius 3 is 2.50 bits per heavy atom. The van der Waals surface area contributed by atoms with Crippen molar-refractivity contribution in [2.75, 3.05) is 6.54 Å². The van der Waals surface area contributed by atoms with Gasteiger partial charge < -0.3 is 10.0 Å². The van der Waals surface area contributed by atoms with Gasteiger partial charge in [-0.25, -0.2) is 0 Å².